The monoisotopic (exact) mass is 441 g/mol. The van der Waals surface area contributed by atoms with Gasteiger partial charge in [-0.15, -0.1) is 10.2 Å². The Balaban J connectivity index is 1.56. The number of furan rings is 1. The van der Waals surface area contributed by atoms with Gasteiger partial charge in [-0.3, -0.25) is 4.79 Å². The van der Waals surface area contributed by atoms with Crippen LogP contribution in [-0.4, -0.2) is 21.9 Å². The summed E-state index contributed by atoms with van der Waals surface area (Å²) < 4.78 is 11.8. The quantitative estimate of drug-likeness (QED) is 0.477. The van der Waals surface area contributed by atoms with Crippen molar-refractivity contribution in [3.8, 4) is 11.5 Å². The first-order valence-electron chi connectivity index (χ1n) is 6.68. The van der Waals surface area contributed by atoms with Crippen molar-refractivity contribution in [2.45, 2.75) is 12.1 Å². The zero-order valence-corrected chi connectivity index (χ0v) is 15.1. The predicted molar refractivity (Wildman–Crippen MR) is 95.2 cm³/mol. The van der Waals surface area contributed by atoms with Crippen molar-refractivity contribution in [3.05, 3.63) is 45.9 Å². The fourth-order valence-electron chi connectivity index (χ4n) is 1.84. The molecule has 3 aromatic rings. The summed E-state index contributed by atoms with van der Waals surface area (Å²) in [6.07, 6.45) is 1.57. The van der Waals surface area contributed by atoms with Crippen LogP contribution in [0.1, 0.15) is 5.76 Å². The van der Waals surface area contributed by atoms with Crippen LogP contribution in [0.3, 0.4) is 0 Å². The third-order valence-corrected chi connectivity index (χ3v) is 4.49. The van der Waals surface area contributed by atoms with E-state index in [-0.39, 0.29) is 11.7 Å². The summed E-state index contributed by atoms with van der Waals surface area (Å²) in [5, 5.41) is 11.0. The molecule has 2 heterocycles. The van der Waals surface area contributed by atoms with Gasteiger partial charge in [0.1, 0.15) is 5.76 Å². The zero-order chi connectivity index (χ0) is 16.2. The van der Waals surface area contributed by atoms with Crippen molar-refractivity contribution >= 4 is 45.9 Å². The lowest BCUT2D eigenvalue weighted by Gasteiger charge is -2.03. The number of amides is 1. The third kappa shape index (κ3) is 4.14. The van der Waals surface area contributed by atoms with Gasteiger partial charge in [-0.1, -0.05) is 11.8 Å². The van der Waals surface area contributed by atoms with Crippen molar-refractivity contribution in [1.82, 2.24) is 10.2 Å². The molecule has 3 rings (SSSR count). The van der Waals surface area contributed by atoms with Gasteiger partial charge in [-0.05, 0) is 59.8 Å². The van der Waals surface area contributed by atoms with Crippen LogP contribution < -0.4 is 5.32 Å². The first-order chi connectivity index (χ1) is 11.1. The van der Waals surface area contributed by atoms with E-state index in [1.165, 1.54) is 11.8 Å². The number of nitrogens with one attached hydrogen (secondary N) is 1. The van der Waals surface area contributed by atoms with Crippen LogP contribution in [0.15, 0.2) is 50.7 Å². The number of carbonyl (C=O) groups excluding carboxylic acids is 1. The lowest BCUT2D eigenvalue weighted by molar-refractivity contribution is -0.113. The Labute approximate surface area is 150 Å². The number of anilines is 1. The molecule has 0 aliphatic carbocycles. The molecule has 1 N–H and O–H groups in total. The molecule has 0 saturated heterocycles. The lowest BCUT2D eigenvalue weighted by Crippen LogP contribution is -2.13. The van der Waals surface area contributed by atoms with E-state index in [9.17, 15) is 4.79 Å². The molecule has 23 heavy (non-hydrogen) atoms. The number of nitrogens with zero attached hydrogens (tertiary/aromatic N) is 2. The number of thioether (sulfide) groups is 1. The minimum Gasteiger partial charge on any atom is -0.469 e. The Morgan fingerprint density at radius 2 is 2.04 bits per heavy atom. The molecule has 8 heteroatoms. The summed E-state index contributed by atoms with van der Waals surface area (Å²) in [6, 6.07) is 9.34. The van der Waals surface area contributed by atoms with Gasteiger partial charge in [0.2, 0.25) is 5.91 Å². The Bertz CT molecular complexity index is 813. The van der Waals surface area contributed by atoms with Crippen LogP contribution in [0, 0.1) is 10.5 Å². The third-order valence-electron chi connectivity index (χ3n) is 2.95. The highest BCUT2D eigenvalue weighted by Crippen LogP contribution is 2.26. The maximum Gasteiger partial charge on any atom is 0.277 e. The Kier molecular flexibility index (Phi) is 5.01. The second-order valence-corrected chi connectivity index (χ2v) is 6.78. The molecule has 2 aromatic heterocycles. The van der Waals surface area contributed by atoms with E-state index < -0.39 is 0 Å². The van der Waals surface area contributed by atoms with E-state index in [0.717, 1.165) is 14.8 Å². The Morgan fingerprint density at radius 1 is 1.26 bits per heavy atom. The van der Waals surface area contributed by atoms with Crippen LogP contribution in [0.25, 0.3) is 11.5 Å². The highest BCUT2D eigenvalue weighted by atomic mass is 127. The van der Waals surface area contributed by atoms with Crippen molar-refractivity contribution in [1.29, 1.82) is 0 Å². The van der Waals surface area contributed by atoms with E-state index in [4.69, 9.17) is 8.83 Å². The van der Waals surface area contributed by atoms with Crippen molar-refractivity contribution in [2.24, 2.45) is 0 Å². The first kappa shape index (κ1) is 16.1. The minimum absolute atomic E-state index is 0.129. The van der Waals surface area contributed by atoms with Crippen LogP contribution in [0.4, 0.5) is 5.69 Å². The molecule has 0 aliphatic rings. The summed E-state index contributed by atoms with van der Waals surface area (Å²) in [5.41, 5.74) is 1.52. The molecular formula is C15H12IN3O3S. The number of rotatable bonds is 5. The number of benzene rings is 1. The minimum atomic E-state index is -0.129. The molecule has 6 nitrogen and oxygen atoms in total. The molecule has 0 bridgehead atoms. The van der Waals surface area contributed by atoms with Crippen molar-refractivity contribution < 1.29 is 13.6 Å². The summed E-state index contributed by atoms with van der Waals surface area (Å²) in [6.45, 7) is 1.82. The highest BCUT2D eigenvalue weighted by Gasteiger charge is 2.14. The van der Waals surface area contributed by atoms with E-state index >= 15 is 0 Å². The molecule has 0 fully saturated rings. The largest absolute Gasteiger partial charge is 0.469 e. The van der Waals surface area contributed by atoms with Crippen LogP contribution in [-0.2, 0) is 4.79 Å². The van der Waals surface area contributed by atoms with Crippen LogP contribution in [0.5, 0.6) is 0 Å². The molecule has 0 aliphatic heterocycles. The van der Waals surface area contributed by atoms with Gasteiger partial charge in [0.15, 0.2) is 0 Å². The predicted octanol–water partition coefficient (Wildman–Crippen LogP) is 3.97. The number of hydrogen-bond acceptors (Lipinski definition) is 6. The summed E-state index contributed by atoms with van der Waals surface area (Å²) in [7, 11) is 0. The van der Waals surface area contributed by atoms with Gasteiger partial charge in [0, 0.05) is 9.26 Å². The van der Waals surface area contributed by atoms with Gasteiger partial charge in [-0.25, -0.2) is 0 Å². The smallest absolute Gasteiger partial charge is 0.277 e. The fourth-order valence-corrected chi connectivity index (χ4v) is 2.76. The number of carbonyl (C=O) groups is 1. The average Bonchev–Trinajstić information content (AvgIpc) is 3.16. The second kappa shape index (κ2) is 7.18. The number of halogens is 1. The Hall–Kier alpha value is -1.81. The number of aromatic nitrogens is 2. The van der Waals surface area contributed by atoms with Gasteiger partial charge < -0.3 is 14.2 Å². The molecular weight excluding hydrogens is 429 g/mol. The van der Waals surface area contributed by atoms with Crippen LogP contribution in [0.2, 0.25) is 0 Å². The molecule has 118 valence electrons. The maximum absolute atomic E-state index is 11.9. The molecule has 0 atom stereocenters. The molecule has 0 saturated carbocycles. The van der Waals surface area contributed by atoms with E-state index in [1.54, 1.807) is 12.3 Å². The molecule has 0 radical (unpaired) electrons. The molecule has 1 aromatic carbocycles. The van der Waals surface area contributed by atoms with E-state index in [0.29, 0.717) is 16.9 Å². The average molecular weight is 441 g/mol. The zero-order valence-electron chi connectivity index (χ0n) is 12.1. The number of aryl methyl sites for hydroxylation is 1. The molecule has 1 amide bonds. The lowest BCUT2D eigenvalue weighted by atomic mass is 10.3. The molecule has 0 unspecified atom stereocenters. The van der Waals surface area contributed by atoms with Crippen LogP contribution >= 0.6 is 34.4 Å². The topological polar surface area (TPSA) is 81.2 Å². The van der Waals surface area contributed by atoms with Gasteiger partial charge >= 0.3 is 0 Å². The van der Waals surface area contributed by atoms with Crippen molar-refractivity contribution in [3.63, 3.8) is 0 Å². The van der Waals surface area contributed by atoms with Gasteiger partial charge in [-0.2, -0.15) is 0 Å². The summed E-state index contributed by atoms with van der Waals surface area (Å²) in [5.74, 6) is 1.16. The van der Waals surface area contributed by atoms with E-state index in [1.807, 2.05) is 31.2 Å². The SMILES string of the molecule is Cc1occc1-c1nnc(SCC(=O)Nc2ccc(I)cc2)o1. The summed E-state index contributed by atoms with van der Waals surface area (Å²) in [4.78, 5) is 11.9. The second-order valence-electron chi connectivity index (χ2n) is 4.61. The summed E-state index contributed by atoms with van der Waals surface area (Å²) >= 11 is 3.40. The molecule has 0 spiro atoms. The standard InChI is InChI=1S/C15H12IN3O3S/c1-9-12(6-7-21-9)14-18-19-15(22-14)23-8-13(20)17-11-4-2-10(16)3-5-11/h2-7H,8H2,1H3,(H,17,20). The van der Waals surface area contributed by atoms with Crippen molar-refractivity contribution in [2.75, 3.05) is 11.1 Å². The fraction of sp³-hybridized carbons (Fsp3) is 0.133. The maximum atomic E-state index is 11.9. The normalized spacial score (nSPS) is 10.7. The highest BCUT2D eigenvalue weighted by molar-refractivity contribution is 14.1. The number of hydrogen-bond donors (Lipinski definition) is 1. The first-order valence-corrected chi connectivity index (χ1v) is 8.74. The van der Waals surface area contributed by atoms with Gasteiger partial charge in [0.25, 0.3) is 11.1 Å². The van der Waals surface area contributed by atoms with E-state index in [2.05, 4.69) is 38.1 Å². The Morgan fingerprint density at radius 3 is 2.74 bits per heavy atom. The van der Waals surface area contributed by atoms with Gasteiger partial charge in [0.05, 0.1) is 17.6 Å².